The standard InChI is InChI=1S/C11H19NO2/c13-9-11-2-1-5-12(11)8-10-3-6-14-7-4-10/h9-11H,1-8H2/t11-/m0/s1. The van der Waals surface area contributed by atoms with Crippen LogP contribution in [0.15, 0.2) is 0 Å². The van der Waals surface area contributed by atoms with Gasteiger partial charge in [0.15, 0.2) is 0 Å². The van der Waals surface area contributed by atoms with Crippen LogP contribution in [0.4, 0.5) is 0 Å². The van der Waals surface area contributed by atoms with Gasteiger partial charge in [-0.3, -0.25) is 4.90 Å². The summed E-state index contributed by atoms with van der Waals surface area (Å²) >= 11 is 0. The van der Waals surface area contributed by atoms with Gasteiger partial charge in [0, 0.05) is 19.8 Å². The molecule has 0 amide bonds. The molecule has 0 aromatic carbocycles. The molecular weight excluding hydrogens is 178 g/mol. The topological polar surface area (TPSA) is 29.5 Å². The first kappa shape index (κ1) is 10.1. The zero-order valence-electron chi connectivity index (χ0n) is 8.65. The van der Waals surface area contributed by atoms with Crippen molar-refractivity contribution in [1.29, 1.82) is 0 Å². The van der Waals surface area contributed by atoms with E-state index in [1.165, 1.54) is 19.3 Å². The highest BCUT2D eigenvalue weighted by Gasteiger charge is 2.26. The second-order valence-corrected chi connectivity index (χ2v) is 4.40. The van der Waals surface area contributed by atoms with Gasteiger partial charge in [-0.25, -0.2) is 0 Å². The Morgan fingerprint density at radius 3 is 2.79 bits per heavy atom. The van der Waals surface area contributed by atoms with Crippen molar-refractivity contribution in [3.63, 3.8) is 0 Å². The van der Waals surface area contributed by atoms with Crippen LogP contribution in [-0.4, -0.2) is 43.5 Å². The highest BCUT2D eigenvalue weighted by atomic mass is 16.5. The number of ether oxygens (including phenoxy) is 1. The van der Waals surface area contributed by atoms with E-state index in [0.717, 1.165) is 44.9 Å². The molecule has 0 aliphatic carbocycles. The van der Waals surface area contributed by atoms with Crippen LogP contribution >= 0.6 is 0 Å². The minimum atomic E-state index is 0.206. The predicted octanol–water partition coefficient (Wildman–Crippen LogP) is 1.08. The van der Waals surface area contributed by atoms with Gasteiger partial charge in [-0.1, -0.05) is 0 Å². The van der Waals surface area contributed by atoms with Crippen LogP contribution in [0.2, 0.25) is 0 Å². The third-order valence-corrected chi connectivity index (χ3v) is 3.40. The highest BCUT2D eigenvalue weighted by Crippen LogP contribution is 2.21. The molecule has 2 heterocycles. The summed E-state index contributed by atoms with van der Waals surface area (Å²) in [7, 11) is 0. The Kier molecular flexibility index (Phi) is 3.54. The molecule has 2 saturated heterocycles. The summed E-state index contributed by atoms with van der Waals surface area (Å²) in [5, 5.41) is 0. The van der Waals surface area contributed by atoms with Crippen LogP contribution in [0.25, 0.3) is 0 Å². The van der Waals surface area contributed by atoms with E-state index in [2.05, 4.69) is 4.90 Å². The first-order valence-electron chi connectivity index (χ1n) is 5.67. The molecule has 3 nitrogen and oxygen atoms in total. The van der Waals surface area contributed by atoms with Crippen LogP contribution in [0.3, 0.4) is 0 Å². The molecular formula is C11H19NO2. The Morgan fingerprint density at radius 2 is 2.07 bits per heavy atom. The molecule has 1 atom stereocenters. The van der Waals surface area contributed by atoms with Gasteiger partial charge in [-0.05, 0) is 38.1 Å². The van der Waals surface area contributed by atoms with Crippen LogP contribution in [0.1, 0.15) is 25.7 Å². The van der Waals surface area contributed by atoms with Crippen molar-refractivity contribution >= 4 is 6.29 Å². The molecule has 3 heteroatoms. The minimum Gasteiger partial charge on any atom is -0.381 e. The Labute approximate surface area is 85.4 Å². The Balaban J connectivity index is 1.80. The van der Waals surface area contributed by atoms with E-state index in [-0.39, 0.29) is 6.04 Å². The smallest absolute Gasteiger partial charge is 0.137 e. The average molecular weight is 197 g/mol. The molecule has 2 aliphatic rings. The van der Waals surface area contributed by atoms with Gasteiger partial charge in [0.1, 0.15) is 6.29 Å². The van der Waals surface area contributed by atoms with Crippen LogP contribution in [-0.2, 0) is 9.53 Å². The number of rotatable bonds is 3. The van der Waals surface area contributed by atoms with Gasteiger partial charge in [-0.2, -0.15) is 0 Å². The molecule has 80 valence electrons. The molecule has 0 spiro atoms. The van der Waals surface area contributed by atoms with Crippen LogP contribution < -0.4 is 0 Å². The average Bonchev–Trinajstić information content (AvgIpc) is 2.67. The zero-order valence-corrected chi connectivity index (χ0v) is 8.65. The van der Waals surface area contributed by atoms with E-state index < -0.39 is 0 Å². The summed E-state index contributed by atoms with van der Waals surface area (Å²) in [5.74, 6) is 0.754. The van der Waals surface area contributed by atoms with E-state index in [1.54, 1.807) is 0 Å². The number of nitrogens with zero attached hydrogens (tertiary/aromatic N) is 1. The predicted molar refractivity (Wildman–Crippen MR) is 54.2 cm³/mol. The summed E-state index contributed by atoms with van der Waals surface area (Å²) in [5.41, 5.74) is 0. The fourth-order valence-electron chi connectivity index (χ4n) is 2.49. The monoisotopic (exact) mass is 197 g/mol. The van der Waals surface area contributed by atoms with Crippen molar-refractivity contribution < 1.29 is 9.53 Å². The van der Waals surface area contributed by atoms with Gasteiger partial charge in [0.2, 0.25) is 0 Å². The molecule has 2 aliphatic heterocycles. The second-order valence-electron chi connectivity index (χ2n) is 4.40. The normalized spacial score (nSPS) is 30.7. The Morgan fingerprint density at radius 1 is 1.29 bits per heavy atom. The second kappa shape index (κ2) is 4.89. The fourth-order valence-corrected chi connectivity index (χ4v) is 2.49. The van der Waals surface area contributed by atoms with E-state index in [4.69, 9.17) is 4.74 Å². The molecule has 0 unspecified atom stereocenters. The van der Waals surface area contributed by atoms with Gasteiger partial charge in [0.25, 0.3) is 0 Å². The maximum Gasteiger partial charge on any atom is 0.137 e. The van der Waals surface area contributed by atoms with Gasteiger partial charge in [0.05, 0.1) is 6.04 Å². The lowest BCUT2D eigenvalue weighted by molar-refractivity contribution is -0.111. The van der Waals surface area contributed by atoms with Crippen molar-refractivity contribution in [1.82, 2.24) is 4.90 Å². The van der Waals surface area contributed by atoms with Crippen LogP contribution in [0, 0.1) is 5.92 Å². The van der Waals surface area contributed by atoms with E-state index in [0.29, 0.717) is 0 Å². The number of likely N-dealkylation sites (tertiary alicyclic amines) is 1. The Hall–Kier alpha value is -0.410. The molecule has 14 heavy (non-hydrogen) atoms. The summed E-state index contributed by atoms with van der Waals surface area (Å²) in [6.45, 7) is 4.03. The molecule has 0 aromatic heterocycles. The number of hydrogen-bond acceptors (Lipinski definition) is 3. The molecule has 2 rings (SSSR count). The van der Waals surface area contributed by atoms with Crippen molar-refractivity contribution in [2.45, 2.75) is 31.7 Å². The van der Waals surface area contributed by atoms with E-state index in [9.17, 15) is 4.79 Å². The number of aldehydes is 1. The molecule has 2 fully saturated rings. The quantitative estimate of drug-likeness (QED) is 0.634. The summed E-state index contributed by atoms with van der Waals surface area (Å²) in [6.07, 6.45) is 5.70. The molecule has 0 N–H and O–H groups in total. The van der Waals surface area contributed by atoms with Crippen LogP contribution in [0.5, 0.6) is 0 Å². The molecule has 0 aromatic rings. The number of carbonyl (C=O) groups excluding carboxylic acids is 1. The SMILES string of the molecule is O=C[C@@H]1CCCN1CC1CCOCC1. The van der Waals surface area contributed by atoms with E-state index >= 15 is 0 Å². The van der Waals surface area contributed by atoms with E-state index in [1.807, 2.05) is 0 Å². The van der Waals surface area contributed by atoms with Gasteiger partial charge in [-0.15, -0.1) is 0 Å². The zero-order chi connectivity index (χ0) is 9.80. The number of hydrogen-bond donors (Lipinski definition) is 0. The molecule has 0 bridgehead atoms. The molecule has 0 radical (unpaired) electrons. The lowest BCUT2D eigenvalue weighted by Crippen LogP contribution is -2.36. The Bertz CT molecular complexity index is 190. The summed E-state index contributed by atoms with van der Waals surface area (Å²) < 4.78 is 5.33. The minimum absolute atomic E-state index is 0.206. The third-order valence-electron chi connectivity index (χ3n) is 3.40. The highest BCUT2D eigenvalue weighted by molar-refractivity contribution is 5.58. The summed E-state index contributed by atoms with van der Waals surface area (Å²) in [6, 6.07) is 0.206. The lowest BCUT2D eigenvalue weighted by atomic mass is 9.99. The third kappa shape index (κ3) is 2.34. The maximum absolute atomic E-state index is 10.8. The van der Waals surface area contributed by atoms with Crippen molar-refractivity contribution in [3.05, 3.63) is 0 Å². The summed E-state index contributed by atoms with van der Waals surface area (Å²) in [4.78, 5) is 13.1. The first-order chi connectivity index (χ1) is 6.90. The lowest BCUT2D eigenvalue weighted by Gasteiger charge is -2.28. The fraction of sp³-hybridized carbons (Fsp3) is 0.909. The maximum atomic E-state index is 10.8. The van der Waals surface area contributed by atoms with Crippen molar-refractivity contribution in [2.24, 2.45) is 5.92 Å². The van der Waals surface area contributed by atoms with Crippen molar-refractivity contribution in [3.8, 4) is 0 Å². The largest absolute Gasteiger partial charge is 0.381 e. The van der Waals surface area contributed by atoms with Gasteiger partial charge >= 0.3 is 0 Å². The number of carbonyl (C=O) groups is 1. The van der Waals surface area contributed by atoms with Crippen molar-refractivity contribution in [2.75, 3.05) is 26.3 Å². The van der Waals surface area contributed by atoms with Gasteiger partial charge < -0.3 is 9.53 Å². The first-order valence-corrected chi connectivity index (χ1v) is 5.67. The molecule has 0 saturated carbocycles.